The molecule has 0 bridgehead atoms. The molecule has 4 heteroatoms. The normalized spacial score (nSPS) is 11.7. The zero-order chi connectivity index (χ0) is 21.2. The Kier molecular flexibility index (Phi) is 7.04. The van der Waals surface area contributed by atoms with E-state index < -0.39 is 6.15 Å². The monoisotopic (exact) mass is 443 g/mol. The van der Waals surface area contributed by atoms with Crippen LogP contribution in [0.25, 0.3) is 0 Å². The minimum absolute atomic E-state index is 0.800. The predicted octanol–water partition coefficient (Wildman–Crippen LogP) is 6.84. The van der Waals surface area contributed by atoms with Crippen LogP contribution in [-0.2, 0) is 0 Å². The van der Waals surface area contributed by atoms with Crippen molar-refractivity contribution in [3.05, 3.63) is 86.4 Å². The van der Waals surface area contributed by atoms with Crippen molar-refractivity contribution in [2.24, 2.45) is 0 Å². The first kappa shape index (κ1) is 22.3. The minimum atomic E-state index is -1.19. The summed E-state index contributed by atoms with van der Waals surface area (Å²) in [7, 11) is 0. The Morgan fingerprint density at radius 2 is 0.966 bits per heavy atom. The van der Waals surface area contributed by atoms with Gasteiger partial charge in [0, 0.05) is 15.1 Å². The third kappa shape index (κ3) is 4.38. The lowest BCUT2D eigenvalue weighted by atomic mass is 9.14. The molecule has 0 saturated carbocycles. The van der Waals surface area contributed by atoms with Gasteiger partial charge in [0.2, 0.25) is 0 Å². The van der Waals surface area contributed by atoms with Gasteiger partial charge in [-0.1, -0.05) is 91.0 Å². The molecule has 0 nitrogen and oxygen atoms in total. The Hall–Kier alpha value is -1.41. The molecule has 0 fully saturated rings. The maximum absolute atomic E-state index is 6.39. The van der Waals surface area contributed by atoms with Crippen molar-refractivity contribution in [1.82, 2.24) is 0 Å². The number of rotatable bonds is 6. The molecule has 0 spiro atoms. The average Bonchev–Trinajstić information content (AvgIpc) is 2.70. The van der Waals surface area contributed by atoms with Gasteiger partial charge in [0.1, 0.15) is 0 Å². The van der Waals surface area contributed by atoms with E-state index in [1.54, 1.807) is 0 Å². The molecule has 152 valence electrons. The molecular formula is C25H27BCl3-. The Labute approximate surface area is 190 Å². The summed E-state index contributed by atoms with van der Waals surface area (Å²) >= 11 is 19.2. The standard InChI is InChI=1S/C25H27BCl3/c1-5-6-13-26(20-7-10-23(27)17(2)14-20,21-8-11-24(28)18(3)15-21)22-9-12-25(29)19(4)16-22/h7-12,14-16H,5-6,13H2,1-4H3/q-1. The van der Waals surface area contributed by atoms with Gasteiger partial charge in [0.05, 0.1) is 6.15 Å². The van der Waals surface area contributed by atoms with Crippen molar-refractivity contribution in [2.45, 2.75) is 46.9 Å². The molecule has 0 atom stereocenters. The van der Waals surface area contributed by atoms with Gasteiger partial charge < -0.3 is 0 Å². The molecule has 3 aromatic carbocycles. The maximum atomic E-state index is 6.39. The fraction of sp³-hybridized carbons (Fsp3) is 0.280. The second-order valence-corrected chi connectivity index (χ2v) is 9.44. The van der Waals surface area contributed by atoms with Crippen LogP contribution in [0.4, 0.5) is 0 Å². The largest absolute Gasteiger partial charge is 0.200 e. The lowest BCUT2D eigenvalue weighted by Gasteiger charge is -2.44. The highest BCUT2D eigenvalue weighted by Gasteiger charge is 2.30. The van der Waals surface area contributed by atoms with Crippen molar-refractivity contribution < 1.29 is 0 Å². The van der Waals surface area contributed by atoms with E-state index in [-0.39, 0.29) is 0 Å². The first-order valence-corrected chi connectivity index (χ1v) is 11.4. The van der Waals surface area contributed by atoms with Crippen LogP contribution in [0.15, 0.2) is 54.6 Å². The van der Waals surface area contributed by atoms with Crippen LogP contribution in [0.1, 0.15) is 36.5 Å². The van der Waals surface area contributed by atoms with Crippen molar-refractivity contribution in [3.8, 4) is 0 Å². The van der Waals surface area contributed by atoms with E-state index in [9.17, 15) is 0 Å². The van der Waals surface area contributed by atoms with Crippen LogP contribution in [0.5, 0.6) is 0 Å². The second-order valence-electron chi connectivity index (χ2n) is 8.21. The quantitative estimate of drug-likeness (QED) is 0.365. The second kappa shape index (κ2) is 9.17. The van der Waals surface area contributed by atoms with Crippen LogP contribution < -0.4 is 16.4 Å². The third-order valence-corrected chi connectivity index (χ3v) is 7.52. The van der Waals surface area contributed by atoms with Crippen LogP contribution in [0.3, 0.4) is 0 Å². The van der Waals surface area contributed by atoms with Crippen LogP contribution >= 0.6 is 34.8 Å². The van der Waals surface area contributed by atoms with E-state index in [1.165, 1.54) is 16.4 Å². The molecule has 0 aliphatic carbocycles. The van der Waals surface area contributed by atoms with Gasteiger partial charge in [-0.05, 0) is 55.7 Å². The SMILES string of the molecule is CCCC[B-](c1ccc(Cl)c(C)c1)(c1ccc(Cl)c(C)c1)c1ccc(Cl)c(C)c1. The summed E-state index contributed by atoms with van der Waals surface area (Å²) in [6.07, 6.45) is 2.13. The molecule has 0 saturated heterocycles. The highest BCUT2D eigenvalue weighted by Crippen LogP contribution is 2.23. The van der Waals surface area contributed by atoms with Crippen LogP contribution in [0.2, 0.25) is 21.4 Å². The molecule has 29 heavy (non-hydrogen) atoms. The lowest BCUT2D eigenvalue weighted by Crippen LogP contribution is -2.67. The van der Waals surface area contributed by atoms with Crippen molar-refractivity contribution >= 4 is 57.3 Å². The van der Waals surface area contributed by atoms with E-state index in [0.29, 0.717) is 0 Å². The van der Waals surface area contributed by atoms with Gasteiger partial charge in [-0.2, -0.15) is 22.7 Å². The highest BCUT2D eigenvalue weighted by molar-refractivity contribution is 7.11. The summed E-state index contributed by atoms with van der Waals surface area (Å²) < 4.78 is 0. The summed E-state index contributed by atoms with van der Waals surface area (Å²) in [5.74, 6) is 0. The van der Waals surface area contributed by atoms with Gasteiger partial charge in [-0.25, -0.2) is 0 Å². The lowest BCUT2D eigenvalue weighted by molar-refractivity contribution is 0.874. The maximum Gasteiger partial charge on any atom is 0.0815 e. The first-order valence-electron chi connectivity index (χ1n) is 10.3. The zero-order valence-corrected chi connectivity index (χ0v) is 19.8. The minimum Gasteiger partial charge on any atom is -0.200 e. The fourth-order valence-corrected chi connectivity index (χ4v) is 4.86. The number of hydrogen-bond acceptors (Lipinski definition) is 0. The molecule has 0 aromatic heterocycles. The van der Waals surface area contributed by atoms with Gasteiger partial charge >= 0.3 is 0 Å². The molecule has 0 unspecified atom stereocenters. The summed E-state index contributed by atoms with van der Waals surface area (Å²) in [5.41, 5.74) is 7.23. The van der Waals surface area contributed by atoms with Gasteiger partial charge in [0.25, 0.3) is 0 Å². The molecule has 0 radical (unpaired) electrons. The Morgan fingerprint density at radius 3 is 1.24 bits per heavy atom. The van der Waals surface area contributed by atoms with E-state index in [2.05, 4.69) is 64.1 Å². The molecule has 0 aliphatic heterocycles. The number of aryl methyl sites for hydroxylation is 3. The topological polar surface area (TPSA) is 0 Å². The predicted molar refractivity (Wildman–Crippen MR) is 133 cm³/mol. The summed E-state index contributed by atoms with van der Waals surface area (Å²) in [5, 5.41) is 2.40. The van der Waals surface area contributed by atoms with Crippen LogP contribution in [0, 0.1) is 20.8 Å². The number of unbranched alkanes of at least 4 members (excludes halogenated alkanes) is 1. The van der Waals surface area contributed by atoms with Crippen LogP contribution in [-0.4, -0.2) is 6.15 Å². The molecule has 3 rings (SSSR count). The number of halogens is 3. The Bertz CT molecular complexity index is 901. The van der Waals surface area contributed by atoms with Crippen molar-refractivity contribution in [1.29, 1.82) is 0 Å². The molecule has 0 aliphatic rings. The average molecular weight is 445 g/mol. The summed E-state index contributed by atoms with van der Waals surface area (Å²) in [6.45, 7) is 8.47. The Morgan fingerprint density at radius 1 is 0.621 bits per heavy atom. The number of hydrogen-bond donors (Lipinski definition) is 0. The highest BCUT2D eigenvalue weighted by atomic mass is 35.5. The first-order chi connectivity index (χ1) is 13.8. The van der Waals surface area contributed by atoms with E-state index in [4.69, 9.17) is 34.8 Å². The molecule has 0 amide bonds. The summed E-state index contributed by atoms with van der Waals surface area (Å²) in [4.78, 5) is 0. The van der Waals surface area contributed by atoms with E-state index in [0.717, 1.165) is 50.9 Å². The van der Waals surface area contributed by atoms with E-state index in [1.807, 2.05) is 18.2 Å². The molecule has 0 N–H and O–H groups in total. The Balaban J connectivity index is 2.38. The van der Waals surface area contributed by atoms with Gasteiger partial charge in [-0.3, -0.25) is 0 Å². The molecular weight excluding hydrogens is 417 g/mol. The fourth-order valence-electron chi connectivity index (χ4n) is 4.51. The van der Waals surface area contributed by atoms with Gasteiger partial charge in [-0.15, -0.1) is 0 Å². The number of benzene rings is 3. The van der Waals surface area contributed by atoms with Crippen molar-refractivity contribution in [2.75, 3.05) is 0 Å². The third-order valence-electron chi connectivity index (χ3n) is 6.24. The van der Waals surface area contributed by atoms with Gasteiger partial charge in [0.15, 0.2) is 0 Å². The summed E-state index contributed by atoms with van der Waals surface area (Å²) in [6, 6.07) is 19.4. The van der Waals surface area contributed by atoms with Crippen molar-refractivity contribution in [3.63, 3.8) is 0 Å². The zero-order valence-electron chi connectivity index (χ0n) is 17.5. The smallest absolute Gasteiger partial charge is 0.0815 e. The molecule has 3 aromatic rings. The van der Waals surface area contributed by atoms with E-state index >= 15 is 0 Å². The molecule has 0 heterocycles.